The second-order valence-electron chi connectivity index (χ2n) is 4.86. The van der Waals surface area contributed by atoms with Gasteiger partial charge in [0.25, 0.3) is 0 Å². The van der Waals surface area contributed by atoms with Gasteiger partial charge >= 0.3 is 0 Å². The molecule has 0 spiro atoms. The SMILES string of the molecule is C#CCCN1CC(C2CC2)NCC1CC. The molecule has 0 aromatic rings. The van der Waals surface area contributed by atoms with Gasteiger partial charge in [0.05, 0.1) is 0 Å². The van der Waals surface area contributed by atoms with E-state index in [9.17, 15) is 0 Å². The highest BCUT2D eigenvalue weighted by atomic mass is 15.2. The number of nitrogens with zero attached hydrogens (tertiary/aromatic N) is 1. The molecule has 0 aromatic heterocycles. The van der Waals surface area contributed by atoms with Gasteiger partial charge in [0, 0.05) is 38.1 Å². The van der Waals surface area contributed by atoms with Crippen LogP contribution in [0.4, 0.5) is 0 Å². The topological polar surface area (TPSA) is 15.3 Å². The predicted molar refractivity (Wildman–Crippen MR) is 63.6 cm³/mol. The molecule has 1 aliphatic heterocycles. The number of piperazine rings is 1. The van der Waals surface area contributed by atoms with Crippen molar-refractivity contribution in [3.05, 3.63) is 0 Å². The molecule has 0 aromatic carbocycles. The van der Waals surface area contributed by atoms with Crippen LogP contribution in [0.1, 0.15) is 32.6 Å². The quantitative estimate of drug-likeness (QED) is 0.701. The number of nitrogens with one attached hydrogen (secondary N) is 1. The molecule has 15 heavy (non-hydrogen) atoms. The third-order valence-electron chi connectivity index (χ3n) is 3.77. The van der Waals surface area contributed by atoms with E-state index in [2.05, 4.69) is 23.1 Å². The molecule has 2 unspecified atom stereocenters. The maximum Gasteiger partial charge on any atom is 0.0224 e. The van der Waals surface area contributed by atoms with E-state index in [1.54, 1.807) is 0 Å². The molecule has 2 heteroatoms. The van der Waals surface area contributed by atoms with Crippen molar-refractivity contribution in [1.29, 1.82) is 0 Å². The average molecular weight is 206 g/mol. The molecule has 0 radical (unpaired) electrons. The van der Waals surface area contributed by atoms with E-state index >= 15 is 0 Å². The Morgan fingerprint density at radius 2 is 2.27 bits per heavy atom. The molecule has 2 rings (SSSR count). The lowest BCUT2D eigenvalue weighted by Crippen LogP contribution is -2.57. The highest BCUT2D eigenvalue weighted by Crippen LogP contribution is 2.34. The van der Waals surface area contributed by atoms with Gasteiger partial charge in [-0.2, -0.15) is 0 Å². The Hall–Kier alpha value is -0.520. The first kappa shape index (κ1) is 11.0. The normalized spacial score (nSPS) is 32.5. The van der Waals surface area contributed by atoms with Gasteiger partial charge < -0.3 is 5.32 Å². The minimum Gasteiger partial charge on any atom is -0.311 e. The van der Waals surface area contributed by atoms with Crippen molar-refractivity contribution in [2.75, 3.05) is 19.6 Å². The van der Waals surface area contributed by atoms with Crippen LogP contribution in [-0.4, -0.2) is 36.6 Å². The van der Waals surface area contributed by atoms with E-state index in [4.69, 9.17) is 6.42 Å². The summed E-state index contributed by atoms with van der Waals surface area (Å²) in [6.07, 6.45) is 10.3. The fourth-order valence-electron chi connectivity index (χ4n) is 2.58. The van der Waals surface area contributed by atoms with Crippen LogP contribution in [-0.2, 0) is 0 Å². The molecule has 2 nitrogen and oxygen atoms in total. The Bertz CT molecular complexity index is 239. The van der Waals surface area contributed by atoms with Gasteiger partial charge in [0.1, 0.15) is 0 Å². The molecule has 1 heterocycles. The smallest absolute Gasteiger partial charge is 0.0224 e. The van der Waals surface area contributed by atoms with Gasteiger partial charge in [-0.25, -0.2) is 0 Å². The molecule has 2 aliphatic rings. The second-order valence-corrected chi connectivity index (χ2v) is 4.86. The van der Waals surface area contributed by atoms with Crippen LogP contribution in [0.2, 0.25) is 0 Å². The van der Waals surface area contributed by atoms with E-state index in [1.807, 2.05) is 0 Å². The van der Waals surface area contributed by atoms with E-state index < -0.39 is 0 Å². The maximum atomic E-state index is 5.35. The third-order valence-corrected chi connectivity index (χ3v) is 3.77. The fourth-order valence-corrected chi connectivity index (χ4v) is 2.58. The largest absolute Gasteiger partial charge is 0.311 e. The molecule has 0 amide bonds. The van der Waals surface area contributed by atoms with Crippen molar-refractivity contribution in [1.82, 2.24) is 10.2 Å². The highest BCUT2D eigenvalue weighted by Gasteiger charge is 2.36. The minimum absolute atomic E-state index is 0.702. The molecule has 84 valence electrons. The van der Waals surface area contributed by atoms with Crippen LogP contribution < -0.4 is 5.32 Å². The van der Waals surface area contributed by atoms with Gasteiger partial charge in [-0.1, -0.05) is 6.92 Å². The van der Waals surface area contributed by atoms with Crippen molar-refractivity contribution in [3.8, 4) is 12.3 Å². The van der Waals surface area contributed by atoms with Crippen LogP contribution in [0, 0.1) is 18.3 Å². The summed E-state index contributed by atoms with van der Waals surface area (Å²) in [7, 11) is 0. The Kier molecular flexibility index (Phi) is 3.66. The Balaban J connectivity index is 1.86. The lowest BCUT2D eigenvalue weighted by atomic mass is 10.0. The molecule has 1 aliphatic carbocycles. The first-order chi connectivity index (χ1) is 7.35. The minimum atomic E-state index is 0.702. The second kappa shape index (κ2) is 5.01. The Labute approximate surface area is 93.4 Å². The monoisotopic (exact) mass is 206 g/mol. The summed E-state index contributed by atoms with van der Waals surface area (Å²) < 4.78 is 0. The van der Waals surface area contributed by atoms with Crippen molar-refractivity contribution in [2.45, 2.75) is 44.7 Å². The molecular formula is C13H22N2. The van der Waals surface area contributed by atoms with Crippen molar-refractivity contribution in [2.24, 2.45) is 5.92 Å². The summed E-state index contributed by atoms with van der Waals surface area (Å²) in [5, 5.41) is 3.70. The molecular weight excluding hydrogens is 184 g/mol. The number of hydrogen-bond donors (Lipinski definition) is 1. The van der Waals surface area contributed by atoms with E-state index in [0.29, 0.717) is 6.04 Å². The van der Waals surface area contributed by atoms with Gasteiger partial charge in [-0.15, -0.1) is 12.3 Å². The Morgan fingerprint density at radius 1 is 1.47 bits per heavy atom. The van der Waals surface area contributed by atoms with Crippen LogP contribution in [0.3, 0.4) is 0 Å². The van der Waals surface area contributed by atoms with Crippen molar-refractivity contribution in [3.63, 3.8) is 0 Å². The first-order valence-electron chi connectivity index (χ1n) is 6.26. The Morgan fingerprint density at radius 3 is 2.87 bits per heavy atom. The third kappa shape index (κ3) is 2.74. The van der Waals surface area contributed by atoms with Crippen molar-refractivity contribution < 1.29 is 0 Å². The molecule has 2 atom stereocenters. The van der Waals surface area contributed by atoms with Gasteiger partial charge in [-0.05, 0) is 25.2 Å². The lowest BCUT2D eigenvalue weighted by molar-refractivity contribution is 0.122. The zero-order valence-corrected chi connectivity index (χ0v) is 9.71. The number of rotatable bonds is 4. The summed E-state index contributed by atoms with van der Waals surface area (Å²) in [6.45, 7) is 5.72. The predicted octanol–water partition coefficient (Wildman–Crippen LogP) is 1.47. The molecule has 1 N–H and O–H groups in total. The van der Waals surface area contributed by atoms with E-state index in [1.165, 1.54) is 25.8 Å². The summed E-state index contributed by atoms with van der Waals surface area (Å²) in [5.74, 6) is 3.71. The number of terminal acetylenes is 1. The molecule has 1 saturated carbocycles. The maximum absolute atomic E-state index is 5.35. The van der Waals surface area contributed by atoms with Crippen LogP contribution in [0.15, 0.2) is 0 Å². The molecule has 2 fully saturated rings. The fraction of sp³-hybridized carbons (Fsp3) is 0.846. The van der Waals surface area contributed by atoms with E-state index in [0.717, 1.165) is 31.5 Å². The van der Waals surface area contributed by atoms with Crippen LogP contribution in [0.25, 0.3) is 0 Å². The van der Waals surface area contributed by atoms with Gasteiger partial charge in [-0.3, -0.25) is 4.90 Å². The van der Waals surface area contributed by atoms with Crippen LogP contribution >= 0.6 is 0 Å². The van der Waals surface area contributed by atoms with Gasteiger partial charge in [0.15, 0.2) is 0 Å². The van der Waals surface area contributed by atoms with Gasteiger partial charge in [0.2, 0.25) is 0 Å². The van der Waals surface area contributed by atoms with Crippen molar-refractivity contribution >= 4 is 0 Å². The van der Waals surface area contributed by atoms with Crippen LogP contribution in [0.5, 0.6) is 0 Å². The summed E-state index contributed by atoms with van der Waals surface area (Å²) in [5.41, 5.74) is 0. The highest BCUT2D eigenvalue weighted by molar-refractivity contribution is 4.95. The number of hydrogen-bond acceptors (Lipinski definition) is 2. The molecule has 0 bridgehead atoms. The first-order valence-corrected chi connectivity index (χ1v) is 6.26. The summed E-state index contributed by atoms with van der Waals surface area (Å²) >= 11 is 0. The summed E-state index contributed by atoms with van der Waals surface area (Å²) in [4.78, 5) is 2.60. The average Bonchev–Trinajstić information content (AvgIpc) is 3.09. The standard InChI is InChI=1S/C13H22N2/c1-3-5-8-15-10-13(11-6-7-11)14-9-12(15)4-2/h1,11-14H,4-10H2,2H3. The molecule has 1 saturated heterocycles. The lowest BCUT2D eigenvalue weighted by Gasteiger charge is -2.40. The zero-order chi connectivity index (χ0) is 10.7. The zero-order valence-electron chi connectivity index (χ0n) is 9.71. The summed E-state index contributed by atoms with van der Waals surface area (Å²) in [6, 6.07) is 1.44. The van der Waals surface area contributed by atoms with E-state index in [-0.39, 0.29) is 0 Å².